The molecule has 2 aromatic rings. The molecule has 0 N–H and O–H groups in total. The molecule has 1 aliphatic rings. The maximum Gasteiger partial charge on any atom is 0.244 e. The molecule has 0 aromatic heterocycles. The molecule has 1 atom stereocenters. The van der Waals surface area contributed by atoms with E-state index in [1.165, 1.54) is 17.7 Å². The predicted octanol–water partition coefficient (Wildman–Crippen LogP) is 3.24. The van der Waals surface area contributed by atoms with Crippen molar-refractivity contribution in [1.29, 1.82) is 0 Å². The normalized spacial score (nSPS) is 14.9. The van der Waals surface area contributed by atoms with E-state index in [1.807, 2.05) is 48.0 Å². The number of rotatable bonds is 4. The van der Waals surface area contributed by atoms with Crippen LogP contribution in [0.2, 0.25) is 0 Å². The van der Waals surface area contributed by atoms with E-state index in [0.29, 0.717) is 6.54 Å². The van der Waals surface area contributed by atoms with Crippen molar-refractivity contribution in [2.24, 2.45) is 0 Å². The van der Waals surface area contributed by atoms with Crippen molar-refractivity contribution in [3.05, 3.63) is 65.5 Å². The predicted molar refractivity (Wildman–Crippen MR) is 89.8 cm³/mol. The number of anilines is 1. The second-order valence-corrected chi connectivity index (χ2v) is 6.09. The number of hydrogen-bond acceptors (Lipinski definition) is 2. The molecule has 3 rings (SSSR count). The van der Waals surface area contributed by atoms with E-state index in [2.05, 4.69) is 6.07 Å². The summed E-state index contributed by atoms with van der Waals surface area (Å²) in [4.78, 5) is 16.6. The van der Waals surface area contributed by atoms with Gasteiger partial charge >= 0.3 is 0 Å². The summed E-state index contributed by atoms with van der Waals surface area (Å²) >= 11 is 0. The Morgan fingerprint density at radius 3 is 2.83 bits per heavy atom. The minimum absolute atomic E-state index is 0.0915. The van der Waals surface area contributed by atoms with E-state index in [4.69, 9.17) is 0 Å². The first-order valence-electron chi connectivity index (χ1n) is 7.90. The molecule has 0 bridgehead atoms. The van der Waals surface area contributed by atoms with Gasteiger partial charge in [0.2, 0.25) is 5.91 Å². The largest absolute Gasteiger partial charge is 0.310 e. The number of likely N-dealkylation sites (N-methyl/N-ethyl adjacent to an activating group) is 1. The van der Waals surface area contributed by atoms with Gasteiger partial charge in [-0.15, -0.1) is 0 Å². The van der Waals surface area contributed by atoms with Crippen molar-refractivity contribution in [3.8, 4) is 0 Å². The van der Waals surface area contributed by atoms with Crippen LogP contribution < -0.4 is 4.90 Å². The van der Waals surface area contributed by atoms with E-state index in [1.54, 1.807) is 6.07 Å². The summed E-state index contributed by atoms with van der Waals surface area (Å²) in [5.41, 5.74) is 3.11. The monoisotopic (exact) mass is 312 g/mol. The smallest absolute Gasteiger partial charge is 0.244 e. The minimum Gasteiger partial charge on any atom is -0.310 e. The van der Waals surface area contributed by atoms with Crippen molar-refractivity contribution in [1.82, 2.24) is 4.90 Å². The highest BCUT2D eigenvalue weighted by molar-refractivity contribution is 5.98. The van der Waals surface area contributed by atoms with Gasteiger partial charge in [-0.25, -0.2) is 4.39 Å². The molecule has 0 radical (unpaired) electrons. The zero-order chi connectivity index (χ0) is 16.4. The Labute approximate surface area is 136 Å². The van der Waals surface area contributed by atoms with E-state index in [-0.39, 0.29) is 17.8 Å². The Bertz CT molecular complexity index is 716. The molecule has 1 aliphatic heterocycles. The molecule has 0 unspecified atom stereocenters. The molecule has 0 saturated heterocycles. The van der Waals surface area contributed by atoms with Crippen LogP contribution in [0.4, 0.5) is 10.1 Å². The van der Waals surface area contributed by atoms with Gasteiger partial charge in [-0.3, -0.25) is 9.69 Å². The molecule has 0 aliphatic carbocycles. The molecule has 1 amide bonds. The highest BCUT2D eigenvalue weighted by Crippen LogP contribution is 2.28. The summed E-state index contributed by atoms with van der Waals surface area (Å²) in [5.74, 6) is -0.155. The second kappa shape index (κ2) is 6.50. The fourth-order valence-corrected chi connectivity index (χ4v) is 3.04. The fraction of sp³-hybridized carbons (Fsp3) is 0.316. The summed E-state index contributed by atoms with van der Waals surface area (Å²) < 4.78 is 13.3. The molecule has 1 heterocycles. The molecular formula is C19H21FN2O. The number of nitrogens with zero attached hydrogens (tertiary/aromatic N) is 2. The number of hydrogen-bond donors (Lipinski definition) is 0. The quantitative estimate of drug-likeness (QED) is 0.865. The number of benzene rings is 2. The summed E-state index contributed by atoms with van der Waals surface area (Å²) in [5, 5.41) is 0. The van der Waals surface area contributed by atoms with Crippen LogP contribution >= 0.6 is 0 Å². The lowest BCUT2D eigenvalue weighted by atomic mass is 10.1. The average Bonchev–Trinajstić information content (AvgIpc) is 2.97. The highest BCUT2D eigenvalue weighted by Gasteiger charge is 2.29. The zero-order valence-corrected chi connectivity index (χ0v) is 13.5. The summed E-state index contributed by atoms with van der Waals surface area (Å²) in [6.07, 6.45) is 0.905. The number of para-hydroxylation sites is 1. The maximum absolute atomic E-state index is 13.3. The Morgan fingerprint density at radius 1 is 1.26 bits per heavy atom. The third kappa shape index (κ3) is 3.27. The minimum atomic E-state index is -0.260. The molecule has 4 heteroatoms. The lowest BCUT2D eigenvalue weighted by Gasteiger charge is -2.28. The first-order valence-corrected chi connectivity index (χ1v) is 7.90. The van der Waals surface area contributed by atoms with Gasteiger partial charge < -0.3 is 4.90 Å². The van der Waals surface area contributed by atoms with E-state index >= 15 is 0 Å². The molecule has 2 aromatic carbocycles. The number of carbonyl (C=O) groups is 1. The van der Waals surface area contributed by atoms with Crippen LogP contribution in [0.1, 0.15) is 18.1 Å². The van der Waals surface area contributed by atoms with Gasteiger partial charge in [0.25, 0.3) is 0 Å². The molecule has 120 valence electrons. The SMILES string of the molecule is C[C@H](C(=O)N1CCc2ccccc21)N(C)Cc1cccc(F)c1. The van der Waals surface area contributed by atoms with Crippen LogP contribution in [0.15, 0.2) is 48.5 Å². The molecule has 0 fully saturated rings. The Kier molecular flexibility index (Phi) is 4.44. The van der Waals surface area contributed by atoms with E-state index in [0.717, 1.165) is 24.2 Å². The summed E-state index contributed by atoms with van der Waals surface area (Å²) in [6, 6.07) is 14.3. The Hall–Kier alpha value is -2.20. The van der Waals surface area contributed by atoms with Gasteiger partial charge in [0.05, 0.1) is 6.04 Å². The van der Waals surface area contributed by atoms with Gasteiger partial charge in [0, 0.05) is 18.8 Å². The van der Waals surface area contributed by atoms with E-state index in [9.17, 15) is 9.18 Å². The van der Waals surface area contributed by atoms with Crippen LogP contribution in [0, 0.1) is 5.82 Å². The molecule has 3 nitrogen and oxygen atoms in total. The summed E-state index contributed by atoms with van der Waals surface area (Å²) in [7, 11) is 1.90. The van der Waals surface area contributed by atoms with Gasteiger partial charge in [-0.1, -0.05) is 30.3 Å². The van der Waals surface area contributed by atoms with Crippen molar-refractivity contribution >= 4 is 11.6 Å². The fourth-order valence-electron chi connectivity index (χ4n) is 3.04. The zero-order valence-electron chi connectivity index (χ0n) is 13.5. The van der Waals surface area contributed by atoms with Gasteiger partial charge in [0.1, 0.15) is 5.82 Å². The van der Waals surface area contributed by atoms with Crippen LogP contribution in [-0.4, -0.2) is 30.4 Å². The van der Waals surface area contributed by atoms with Crippen molar-refractivity contribution in [2.45, 2.75) is 25.9 Å². The van der Waals surface area contributed by atoms with E-state index < -0.39 is 0 Å². The standard InChI is InChI=1S/C19H21FN2O/c1-14(21(2)13-15-6-5-8-17(20)12-15)19(23)22-11-10-16-7-3-4-9-18(16)22/h3-9,12,14H,10-11,13H2,1-2H3/t14-/m1/s1. The lowest BCUT2D eigenvalue weighted by Crippen LogP contribution is -2.45. The summed E-state index contributed by atoms with van der Waals surface area (Å²) in [6.45, 7) is 3.18. The molecular weight excluding hydrogens is 291 g/mol. The van der Waals surface area contributed by atoms with Gasteiger partial charge in [-0.2, -0.15) is 0 Å². The van der Waals surface area contributed by atoms with Crippen LogP contribution in [0.3, 0.4) is 0 Å². The van der Waals surface area contributed by atoms with Crippen molar-refractivity contribution < 1.29 is 9.18 Å². The maximum atomic E-state index is 13.3. The number of carbonyl (C=O) groups excluding carboxylic acids is 1. The first kappa shape index (κ1) is 15.7. The van der Waals surface area contributed by atoms with Gasteiger partial charge in [0.15, 0.2) is 0 Å². The number of amides is 1. The highest BCUT2D eigenvalue weighted by atomic mass is 19.1. The number of fused-ring (bicyclic) bond motifs is 1. The molecule has 0 spiro atoms. The lowest BCUT2D eigenvalue weighted by molar-refractivity contribution is -0.122. The third-order valence-corrected chi connectivity index (χ3v) is 4.49. The van der Waals surface area contributed by atoms with Crippen LogP contribution in [-0.2, 0) is 17.8 Å². The third-order valence-electron chi connectivity index (χ3n) is 4.49. The Morgan fingerprint density at radius 2 is 2.04 bits per heavy atom. The van der Waals surface area contributed by atoms with Crippen molar-refractivity contribution in [2.75, 3.05) is 18.5 Å². The topological polar surface area (TPSA) is 23.6 Å². The van der Waals surface area contributed by atoms with Crippen LogP contribution in [0.25, 0.3) is 0 Å². The van der Waals surface area contributed by atoms with Crippen LogP contribution in [0.5, 0.6) is 0 Å². The first-order chi connectivity index (χ1) is 11.1. The average molecular weight is 312 g/mol. The Balaban J connectivity index is 1.70. The molecule has 0 saturated carbocycles. The van der Waals surface area contributed by atoms with Crippen molar-refractivity contribution in [3.63, 3.8) is 0 Å². The van der Waals surface area contributed by atoms with Gasteiger partial charge in [-0.05, 0) is 49.7 Å². The second-order valence-electron chi connectivity index (χ2n) is 6.09. The molecule has 23 heavy (non-hydrogen) atoms. The number of halogens is 1.